The Hall–Kier alpha value is 0.310. The van der Waals surface area contributed by atoms with E-state index in [1.165, 1.54) is 5.75 Å². The Bertz CT molecular complexity index is 85.7. The highest BCUT2D eigenvalue weighted by molar-refractivity contribution is 7.98. The molecule has 0 aromatic carbocycles. The Labute approximate surface area is 68.8 Å². The van der Waals surface area contributed by atoms with Crippen molar-refractivity contribution in [1.82, 2.24) is 0 Å². The summed E-state index contributed by atoms with van der Waals surface area (Å²) in [4.78, 5) is 0. The van der Waals surface area contributed by atoms with E-state index in [4.69, 9.17) is 5.73 Å². The first-order chi connectivity index (χ1) is 4.48. The second kappa shape index (κ2) is 4.24. The fourth-order valence-electron chi connectivity index (χ4n) is 0.678. The molecule has 0 aliphatic carbocycles. The van der Waals surface area contributed by atoms with E-state index in [-0.39, 0.29) is 5.41 Å². The summed E-state index contributed by atoms with van der Waals surface area (Å²) in [7, 11) is 0. The van der Waals surface area contributed by atoms with Crippen LogP contribution in [-0.4, -0.2) is 18.1 Å². The molecule has 1 unspecified atom stereocenters. The first-order valence-electron chi connectivity index (χ1n) is 3.73. The van der Waals surface area contributed by atoms with Gasteiger partial charge in [-0.2, -0.15) is 11.8 Å². The highest BCUT2D eigenvalue weighted by Crippen LogP contribution is 2.20. The molecule has 0 aromatic heterocycles. The molecule has 0 rings (SSSR count). The first-order valence-corrected chi connectivity index (χ1v) is 5.12. The maximum Gasteiger partial charge on any atom is 0.00954 e. The molecule has 0 aliphatic rings. The van der Waals surface area contributed by atoms with Crippen LogP contribution in [0.1, 0.15) is 27.2 Å². The van der Waals surface area contributed by atoms with Gasteiger partial charge in [-0.25, -0.2) is 0 Å². The van der Waals surface area contributed by atoms with E-state index in [1.807, 2.05) is 11.8 Å². The van der Waals surface area contributed by atoms with Gasteiger partial charge in [-0.1, -0.05) is 20.8 Å². The monoisotopic (exact) mass is 161 g/mol. The third-order valence-corrected chi connectivity index (χ3v) is 2.39. The van der Waals surface area contributed by atoms with E-state index in [1.54, 1.807) is 0 Å². The normalized spacial score (nSPS) is 15.3. The first kappa shape index (κ1) is 10.3. The Morgan fingerprint density at radius 2 is 1.90 bits per heavy atom. The predicted octanol–water partition coefficient (Wildman–Crippen LogP) is 2.11. The van der Waals surface area contributed by atoms with E-state index in [0.29, 0.717) is 6.04 Å². The van der Waals surface area contributed by atoms with Crippen LogP contribution in [0.25, 0.3) is 0 Å². The van der Waals surface area contributed by atoms with E-state index in [0.717, 1.165) is 6.42 Å². The summed E-state index contributed by atoms with van der Waals surface area (Å²) < 4.78 is 0. The number of hydrogen-bond donors (Lipinski definition) is 1. The summed E-state index contributed by atoms with van der Waals surface area (Å²) in [6.07, 6.45) is 3.25. The lowest BCUT2D eigenvalue weighted by atomic mass is 9.86. The van der Waals surface area contributed by atoms with Gasteiger partial charge in [-0.15, -0.1) is 0 Å². The van der Waals surface area contributed by atoms with E-state index in [2.05, 4.69) is 27.0 Å². The molecule has 0 saturated heterocycles. The number of nitrogens with two attached hydrogens (primary N) is 1. The quantitative estimate of drug-likeness (QED) is 0.686. The van der Waals surface area contributed by atoms with Crippen molar-refractivity contribution in [3.8, 4) is 0 Å². The minimum absolute atomic E-state index is 0.274. The summed E-state index contributed by atoms with van der Waals surface area (Å²) in [5.41, 5.74) is 6.20. The maximum absolute atomic E-state index is 5.92. The summed E-state index contributed by atoms with van der Waals surface area (Å²) in [5, 5.41) is 0. The highest BCUT2D eigenvalue weighted by Gasteiger charge is 2.19. The number of hydrogen-bond acceptors (Lipinski definition) is 2. The Morgan fingerprint density at radius 3 is 2.20 bits per heavy atom. The molecule has 0 aliphatic heterocycles. The van der Waals surface area contributed by atoms with Crippen LogP contribution in [-0.2, 0) is 0 Å². The van der Waals surface area contributed by atoms with Crippen LogP contribution in [0.5, 0.6) is 0 Å². The molecule has 0 heterocycles. The topological polar surface area (TPSA) is 26.0 Å². The minimum Gasteiger partial charge on any atom is -0.327 e. The van der Waals surface area contributed by atoms with E-state index >= 15 is 0 Å². The smallest absolute Gasteiger partial charge is 0.00954 e. The second-order valence-electron chi connectivity index (χ2n) is 3.75. The van der Waals surface area contributed by atoms with Crippen LogP contribution in [0, 0.1) is 5.41 Å². The molecule has 62 valence electrons. The molecule has 0 fully saturated rings. The Balaban J connectivity index is 3.52. The largest absolute Gasteiger partial charge is 0.327 e. The van der Waals surface area contributed by atoms with Gasteiger partial charge in [-0.05, 0) is 23.8 Å². The highest BCUT2D eigenvalue weighted by atomic mass is 32.2. The third kappa shape index (κ3) is 4.18. The zero-order chi connectivity index (χ0) is 8.20. The van der Waals surface area contributed by atoms with Crippen molar-refractivity contribution in [3.63, 3.8) is 0 Å². The molecule has 0 saturated carbocycles. The van der Waals surface area contributed by atoms with Gasteiger partial charge in [0.25, 0.3) is 0 Å². The van der Waals surface area contributed by atoms with Crippen molar-refractivity contribution in [1.29, 1.82) is 0 Å². The van der Waals surface area contributed by atoms with Crippen LogP contribution in [0.15, 0.2) is 0 Å². The van der Waals surface area contributed by atoms with Crippen molar-refractivity contribution in [3.05, 3.63) is 0 Å². The van der Waals surface area contributed by atoms with Gasteiger partial charge in [-0.3, -0.25) is 0 Å². The zero-order valence-corrected chi connectivity index (χ0v) is 8.29. The molecule has 0 radical (unpaired) electrons. The fourth-order valence-corrected chi connectivity index (χ4v) is 1.17. The molecule has 10 heavy (non-hydrogen) atoms. The van der Waals surface area contributed by atoms with Crippen molar-refractivity contribution in [2.75, 3.05) is 12.0 Å². The molecular weight excluding hydrogens is 142 g/mol. The lowest BCUT2D eigenvalue weighted by Gasteiger charge is -2.26. The maximum atomic E-state index is 5.92. The van der Waals surface area contributed by atoms with Gasteiger partial charge in [0.05, 0.1) is 0 Å². The Kier molecular flexibility index (Phi) is 4.37. The van der Waals surface area contributed by atoms with Crippen molar-refractivity contribution < 1.29 is 0 Å². The second-order valence-corrected chi connectivity index (χ2v) is 4.74. The predicted molar refractivity (Wildman–Crippen MR) is 50.4 cm³/mol. The van der Waals surface area contributed by atoms with Crippen molar-refractivity contribution in [2.24, 2.45) is 11.1 Å². The zero-order valence-electron chi connectivity index (χ0n) is 7.48. The summed E-state index contributed by atoms with van der Waals surface area (Å²) in [5.74, 6) is 1.18. The number of thioether (sulfide) groups is 1. The standard InChI is InChI=1S/C8H19NS/c1-8(2,3)7(9)5-6-10-4/h7H,5-6,9H2,1-4H3. The van der Waals surface area contributed by atoms with Crippen LogP contribution in [0.2, 0.25) is 0 Å². The summed E-state index contributed by atoms with van der Waals surface area (Å²) in [6, 6.07) is 0.347. The molecular formula is C8H19NS. The van der Waals surface area contributed by atoms with Crippen LogP contribution < -0.4 is 5.73 Å². The average molecular weight is 161 g/mol. The van der Waals surface area contributed by atoms with Gasteiger partial charge in [0.2, 0.25) is 0 Å². The van der Waals surface area contributed by atoms with Crippen LogP contribution in [0.4, 0.5) is 0 Å². The van der Waals surface area contributed by atoms with Gasteiger partial charge >= 0.3 is 0 Å². The van der Waals surface area contributed by atoms with Crippen LogP contribution in [0.3, 0.4) is 0 Å². The molecule has 2 heteroatoms. The van der Waals surface area contributed by atoms with Crippen LogP contribution >= 0.6 is 11.8 Å². The molecule has 0 aromatic rings. The fraction of sp³-hybridized carbons (Fsp3) is 1.00. The average Bonchev–Trinajstić information content (AvgIpc) is 1.80. The van der Waals surface area contributed by atoms with Crippen molar-refractivity contribution in [2.45, 2.75) is 33.2 Å². The molecule has 0 bridgehead atoms. The Morgan fingerprint density at radius 1 is 1.40 bits per heavy atom. The van der Waals surface area contributed by atoms with Gasteiger partial charge in [0.15, 0.2) is 0 Å². The molecule has 1 nitrogen and oxygen atoms in total. The molecule has 0 spiro atoms. The summed E-state index contributed by atoms with van der Waals surface area (Å²) in [6.45, 7) is 6.58. The van der Waals surface area contributed by atoms with Gasteiger partial charge in [0, 0.05) is 6.04 Å². The minimum atomic E-state index is 0.274. The SMILES string of the molecule is CSCCC(N)C(C)(C)C. The van der Waals surface area contributed by atoms with Gasteiger partial charge < -0.3 is 5.73 Å². The van der Waals surface area contributed by atoms with E-state index in [9.17, 15) is 0 Å². The van der Waals surface area contributed by atoms with E-state index < -0.39 is 0 Å². The lowest BCUT2D eigenvalue weighted by molar-refractivity contribution is 0.315. The summed E-state index contributed by atoms with van der Waals surface area (Å²) >= 11 is 1.87. The third-order valence-electron chi connectivity index (χ3n) is 1.75. The molecule has 0 amide bonds. The molecule has 2 N–H and O–H groups in total. The van der Waals surface area contributed by atoms with Crippen molar-refractivity contribution >= 4 is 11.8 Å². The molecule has 1 atom stereocenters. The lowest BCUT2D eigenvalue weighted by Crippen LogP contribution is -2.35. The van der Waals surface area contributed by atoms with Gasteiger partial charge in [0.1, 0.15) is 0 Å². The number of rotatable bonds is 3.